The Kier molecular flexibility index (Phi) is 4.99. The predicted molar refractivity (Wildman–Crippen MR) is 83.1 cm³/mol. The lowest BCUT2D eigenvalue weighted by atomic mass is 9.99. The van der Waals surface area contributed by atoms with Crippen molar-refractivity contribution in [2.75, 3.05) is 7.11 Å². The maximum Gasteiger partial charge on any atom is 0.347 e. The van der Waals surface area contributed by atoms with E-state index in [-0.39, 0.29) is 0 Å². The first kappa shape index (κ1) is 15.1. The van der Waals surface area contributed by atoms with E-state index in [4.69, 9.17) is 9.47 Å². The Labute approximate surface area is 125 Å². The molecule has 2 rings (SSSR count). The predicted octanol–water partition coefficient (Wildman–Crippen LogP) is 4.43. The average Bonchev–Trinajstić information content (AvgIpc) is 2.54. The quantitative estimate of drug-likeness (QED) is 0.602. The van der Waals surface area contributed by atoms with Crippen molar-refractivity contribution in [2.45, 2.75) is 26.2 Å². The third kappa shape index (κ3) is 3.63. The standard InChI is InChI=1S/C18H20O3/c1-4-13(2)14-9-11-15(12-10-14)21-18(19)16-7-5-6-8-17(16)20-3/h5-13H,4H2,1-3H3. The number of ether oxygens (including phenoxy) is 2. The van der Waals surface area contributed by atoms with Gasteiger partial charge in [-0.25, -0.2) is 4.79 Å². The maximum atomic E-state index is 12.2. The summed E-state index contributed by atoms with van der Waals surface area (Å²) < 4.78 is 10.6. The molecular formula is C18H20O3. The van der Waals surface area contributed by atoms with Gasteiger partial charge in [-0.15, -0.1) is 0 Å². The molecule has 2 aromatic carbocycles. The summed E-state index contributed by atoms with van der Waals surface area (Å²) in [4.78, 5) is 12.2. The van der Waals surface area contributed by atoms with Crippen LogP contribution in [0.3, 0.4) is 0 Å². The summed E-state index contributed by atoms with van der Waals surface area (Å²) in [7, 11) is 1.53. The van der Waals surface area contributed by atoms with Crippen LogP contribution in [0.4, 0.5) is 0 Å². The number of hydrogen-bond donors (Lipinski definition) is 0. The Morgan fingerprint density at radius 3 is 2.38 bits per heavy atom. The Morgan fingerprint density at radius 1 is 1.10 bits per heavy atom. The Morgan fingerprint density at radius 2 is 1.76 bits per heavy atom. The molecule has 3 heteroatoms. The molecule has 110 valence electrons. The highest BCUT2D eigenvalue weighted by Gasteiger charge is 2.14. The van der Waals surface area contributed by atoms with E-state index in [1.54, 1.807) is 18.2 Å². The van der Waals surface area contributed by atoms with E-state index in [0.717, 1.165) is 6.42 Å². The zero-order valence-electron chi connectivity index (χ0n) is 12.6. The monoisotopic (exact) mass is 284 g/mol. The molecule has 0 heterocycles. The van der Waals surface area contributed by atoms with E-state index in [9.17, 15) is 4.79 Å². The summed E-state index contributed by atoms with van der Waals surface area (Å²) in [5.74, 6) is 1.14. The highest BCUT2D eigenvalue weighted by Crippen LogP contribution is 2.23. The molecule has 0 aliphatic carbocycles. The SMILES string of the molecule is CCC(C)c1ccc(OC(=O)c2ccccc2OC)cc1. The Bertz CT molecular complexity index is 602. The van der Waals surface area contributed by atoms with Gasteiger partial charge in [0.2, 0.25) is 0 Å². The lowest BCUT2D eigenvalue weighted by molar-refractivity contribution is 0.0731. The molecule has 0 N–H and O–H groups in total. The number of rotatable bonds is 5. The van der Waals surface area contributed by atoms with Crippen LogP contribution in [0, 0.1) is 0 Å². The summed E-state index contributed by atoms with van der Waals surface area (Å²) in [5.41, 5.74) is 1.67. The van der Waals surface area contributed by atoms with Crippen LogP contribution in [0.2, 0.25) is 0 Å². The summed E-state index contributed by atoms with van der Waals surface area (Å²) in [6.07, 6.45) is 1.08. The molecule has 0 saturated heterocycles. The van der Waals surface area contributed by atoms with Gasteiger partial charge in [0.15, 0.2) is 0 Å². The van der Waals surface area contributed by atoms with Gasteiger partial charge in [0.05, 0.1) is 7.11 Å². The van der Waals surface area contributed by atoms with Gasteiger partial charge in [-0.2, -0.15) is 0 Å². The molecule has 0 fully saturated rings. The number of carbonyl (C=O) groups excluding carboxylic acids is 1. The van der Waals surface area contributed by atoms with Crippen molar-refractivity contribution in [2.24, 2.45) is 0 Å². The lowest BCUT2D eigenvalue weighted by Gasteiger charge is -2.11. The highest BCUT2D eigenvalue weighted by atomic mass is 16.5. The van der Waals surface area contributed by atoms with Crippen LogP contribution < -0.4 is 9.47 Å². The number of esters is 1. The number of benzene rings is 2. The summed E-state index contributed by atoms with van der Waals surface area (Å²) in [5, 5.41) is 0. The smallest absolute Gasteiger partial charge is 0.347 e. The Hall–Kier alpha value is -2.29. The summed E-state index contributed by atoms with van der Waals surface area (Å²) in [6, 6.07) is 14.7. The fourth-order valence-electron chi connectivity index (χ4n) is 2.08. The number of para-hydroxylation sites is 1. The zero-order valence-corrected chi connectivity index (χ0v) is 12.6. The van der Waals surface area contributed by atoms with Gasteiger partial charge in [-0.05, 0) is 42.2 Å². The number of hydrogen-bond acceptors (Lipinski definition) is 3. The van der Waals surface area contributed by atoms with Crippen molar-refractivity contribution >= 4 is 5.97 Å². The molecule has 3 nitrogen and oxygen atoms in total. The molecular weight excluding hydrogens is 264 g/mol. The van der Waals surface area contributed by atoms with Crippen molar-refractivity contribution in [1.82, 2.24) is 0 Å². The molecule has 2 aromatic rings. The topological polar surface area (TPSA) is 35.5 Å². The van der Waals surface area contributed by atoms with Gasteiger partial charge in [0, 0.05) is 0 Å². The van der Waals surface area contributed by atoms with Crippen LogP contribution in [-0.4, -0.2) is 13.1 Å². The van der Waals surface area contributed by atoms with E-state index in [1.807, 2.05) is 30.3 Å². The largest absolute Gasteiger partial charge is 0.496 e. The van der Waals surface area contributed by atoms with Crippen LogP contribution in [0.1, 0.15) is 42.1 Å². The minimum atomic E-state index is -0.413. The van der Waals surface area contributed by atoms with Crippen LogP contribution in [0.25, 0.3) is 0 Å². The van der Waals surface area contributed by atoms with Crippen LogP contribution in [0.15, 0.2) is 48.5 Å². The van der Waals surface area contributed by atoms with Crippen molar-refractivity contribution < 1.29 is 14.3 Å². The molecule has 0 saturated carbocycles. The van der Waals surface area contributed by atoms with Gasteiger partial charge < -0.3 is 9.47 Å². The minimum Gasteiger partial charge on any atom is -0.496 e. The van der Waals surface area contributed by atoms with E-state index in [2.05, 4.69) is 13.8 Å². The zero-order chi connectivity index (χ0) is 15.2. The maximum absolute atomic E-state index is 12.2. The normalized spacial score (nSPS) is 11.8. The average molecular weight is 284 g/mol. The van der Waals surface area contributed by atoms with E-state index < -0.39 is 5.97 Å². The molecule has 0 bridgehead atoms. The minimum absolute atomic E-state index is 0.413. The van der Waals surface area contributed by atoms with Crippen LogP contribution >= 0.6 is 0 Å². The molecule has 1 atom stereocenters. The van der Waals surface area contributed by atoms with Gasteiger partial charge >= 0.3 is 5.97 Å². The number of carbonyl (C=O) groups is 1. The van der Waals surface area contributed by atoms with E-state index in [0.29, 0.717) is 23.0 Å². The van der Waals surface area contributed by atoms with Crippen LogP contribution in [-0.2, 0) is 0 Å². The highest BCUT2D eigenvalue weighted by molar-refractivity contribution is 5.93. The van der Waals surface area contributed by atoms with Gasteiger partial charge in [-0.3, -0.25) is 0 Å². The molecule has 0 aromatic heterocycles. The Balaban J connectivity index is 2.12. The summed E-state index contributed by atoms with van der Waals surface area (Å²) in [6.45, 7) is 4.33. The third-order valence-electron chi connectivity index (χ3n) is 3.60. The second-order valence-corrected chi connectivity index (χ2v) is 4.97. The fourth-order valence-corrected chi connectivity index (χ4v) is 2.08. The fraction of sp³-hybridized carbons (Fsp3) is 0.278. The molecule has 0 aliphatic heterocycles. The molecule has 0 aliphatic rings. The van der Waals surface area contributed by atoms with Gasteiger partial charge in [-0.1, -0.05) is 38.1 Å². The second-order valence-electron chi connectivity index (χ2n) is 4.97. The second kappa shape index (κ2) is 6.93. The van der Waals surface area contributed by atoms with Crippen molar-refractivity contribution in [1.29, 1.82) is 0 Å². The van der Waals surface area contributed by atoms with Gasteiger partial charge in [0.25, 0.3) is 0 Å². The first-order valence-electron chi connectivity index (χ1n) is 7.10. The molecule has 0 radical (unpaired) electrons. The van der Waals surface area contributed by atoms with Gasteiger partial charge in [0.1, 0.15) is 17.1 Å². The third-order valence-corrected chi connectivity index (χ3v) is 3.60. The van der Waals surface area contributed by atoms with E-state index >= 15 is 0 Å². The van der Waals surface area contributed by atoms with Crippen LogP contribution in [0.5, 0.6) is 11.5 Å². The van der Waals surface area contributed by atoms with Crippen molar-refractivity contribution in [3.63, 3.8) is 0 Å². The molecule has 1 unspecified atom stereocenters. The molecule has 21 heavy (non-hydrogen) atoms. The first-order chi connectivity index (χ1) is 10.2. The molecule has 0 amide bonds. The van der Waals surface area contributed by atoms with Crippen molar-refractivity contribution in [3.8, 4) is 11.5 Å². The number of methoxy groups -OCH3 is 1. The first-order valence-corrected chi connectivity index (χ1v) is 7.10. The van der Waals surface area contributed by atoms with Crippen molar-refractivity contribution in [3.05, 3.63) is 59.7 Å². The molecule has 0 spiro atoms. The van der Waals surface area contributed by atoms with E-state index in [1.165, 1.54) is 12.7 Å². The lowest BCUT2D eigenvalue weighted by Crippen LogP contribution is -2.10. The summed E-state index contributed by atoms with van der Waals surface area (Å²) >= 11 is 0.